The van der Waals surface area contributed by atoms with E-state index in [1.165, 1.54) is 0 Å². The lowest BCUT2D eigenvalue weighted by atomic mass is 10.2. The molecule has 0 aromatic heterocycles. The first-order valence-electron chi connectivity index (χ1n) is 5.81. The molecule has 6 heteroatoms. The second kappa shape index (κ2) is 6.54. The molecule has 1 atom stereocenters. The highest BCUT2D eigenvalue weighted by atomic mass is 32.2. The lowest BCUT2D eigenvalue weighted by Crippen LogP contribution is -2.49. The van der Waals surface area contributed by atoms with E-state index < -0.39 is 9.84 Å². The summed E-state index contributed by atoms with van der Waals surface area (Å²) in [6.07, 6.45) is 0.687. The molecule has 1 rings (SSSR count). The van der Waals surface area contributed by atoms with Gasteiger partial charge in [-0.15, -0.1) is 0 Å². The summed E-state index contributed by atoms with van der Waals surface area (Å²) in [6, 6.07) is 0.248. The first-order chi connectivity index (χ1) is 7.59. The van der Waals surface area contributed by atoms with Crippen molar-refractivity contribution in [2.75, 3.05) is 44.4 Å². The molecule has 0 bridgehead atoms. The summed E-state index contributed by atoms with van der Waals surface area (Å²) in [5, 5.41) is 0. The molecule has 1 saturated heterocycles. The van der Waals surface area contributed by atoms with Crippen LogP contribution in [0.4, 0.5) is 0 Å². The Bertz CT molecular complexity index is 292. The van der Waals surface area contributed by atoms with Crippen LogP contribution in [0.15, 0.2) is 0 Å². The molecule has 0 spiro atoms. The van der Waals surface area contributed by atoms with Gasteiger partial charge >= 0.3 is 0 Å². The fourth-order valence-electron chi connectivity index (χ4n) is 1.83. The third-order valence-corrected chi connectivity index (χ3v) is 4.75. The van der Waals surface area contributed by atoms with Gasteiger partial charge in [0.25, 0.3) is 0 Å². The van der Waals surface area contributed by atoms with Crippen LogP contribution in [0.5, 0.6) is 0 Å². The summed E-state index contributed by atoms with van der Waals surface area (Å²) in [7, 11) is -2.83. The number of morpholine rings is 1. The highest BCUT2D eigenvalue weighted by Crippen LogP contribution is 2.07. The molecule has 1 unspecified atom stereocenters. The van der Waals surface area contributed by atoms with Gasteiger partial charge in [-0.2, -0.15) is 0 Å². The van der Waals surface area contributed by atoms with E-state index in [1.807, 2.05) is 0 Å². The number of ether oxygens (including phenoxy) is 1. The minimum absolute atomic E-state index is 0.233. The van der Waals surface area contributed by atoms with E-state index in [0.29, 0.717) is 19.6 Å². The molecule has 0 saturated carbocycles. The van der Waals surface area contributed by atoms with E-state index in [2.05, 4.69) is 4.90 Å². The summed E-state index contributed by atoms with van der Waals surface area (Å²) in [5.41, 5.74) is 5.64. The molecular formula is C10H22N2O3S. The van der Waals surface area contributed by atoms with Crippen LogP contribution in [0.3, 0.4) is 0 Å². The Morgan fingerprint density at radius 3 is 2.88 bits per heavy atom. The van der Waals surface area contributed by atoms with E-state index in [1.54, 1.807) is 6.92 Å². The molecule has 2 N–H and O–H groups in total. The molecule has 1 aliphatic heterocycles. The molecule has 1 heterocycles. The zero-order chi connectivity index (χ0) is 12.0. The van der Waals surface area contributed by atoms with Crippen molar-refractivity contribution in [3.05, 3.63) is 0 Å². The fourth-order valence-corrected chi connectivity index (χ4v) is 2.69. The zero-order valence-corrected chi connectivity index (χ0v) is 10.7. The Labute approximate surface area is 97.9 Å². The zero-order valence-electron chi connectivity index (χ0n) is 9.89. The van der Waals surface area contributed by atoms with Crippen LogP contribution in [0, 0.1) is 0 Å². The molecule has 5 nitrogen and oxygen atoms in total. The quantitative estimate of drug-likeness (QED) is 0.686. The van der Waals surface area contributed by atoms with Crippen LogP contribution in [-0.2, 0) is 14.6 Å². The molecule has 0 aromatic rings. The number of nitrogens with two attached hydrogens (primary N) is 1. The van der Waals surface area contributed by atoms with Crippen molar-refractivity contribution >= 4 is 9.84 Å². The Morgan fingerprint density at radius 2 is 2.25 bits per heavy atom. The monoisotopic (exact) mass is 250 g/mol. The van der Waals surface area contributed by atoms with Gasteiger partial charge in [0.2, 0.25) is 0 Å². The van der Waals surface area contributed by atoms with E-state index in [4.69, 9.17) is 10.5 Å². The van der Waals surface area contributed by atoms with Crippen molar-refractivity contribution in [1.82, 2.24) is 4.90 Å². The SMILES string of the molecule is CCS(=O)(=O)CCCN1CCOCC1CN. The molecule has 0 aliphatic carbocycles. The molecule has 1 aliphatic rings. The lowest BCUT2D eigenvalue weighted by Gasteiger charge is -2.34. The Balaban J connectivity index is 2.30. The summed E-state index contributed by atoms with van der Waals surface area (Å²) >= 11 is 0. The number of sulfone groups is 1. The first-order valence-corrected chi connectivity index (χ1v) is 7.63. The van der Waals surface area contributed by atoms with Crippen LogP contribution >= 0.6 is 0 Å². The Morgan fingerprint density at radius 1 is 1.50 bits per heavy atom. The van der Waals surface area contributed by atoms with Gasteiger partial charge in [0.05, 0.1) is 19.0 Å². The Hall–Kier alpha value is -0.170. The number of hydrogen-bond acceptors (Lipinski definition) is 5. The van der Waals surface area contributed by atoms with Crippen molar-refractivity contribution in [3.8, 4) is 0 Å². The molecule has 96 valence electrons. The maximum atomic E-state index is 11.3. The molecular weight excluding hydrogens is 228 g/mol. The van der Waals surface area contributed by atoms with Gasteiger partial charge in [-0.05, 0) is 13.0 Å². The average Bonchev–Trinajstić information content (AvgIpc) is 2.29. The third-order valence-electron chi connectivity index (χ3n) is 2.96. The van der Waals surface area contributed by atoms with Gasteiger partial charge in [0, 0.05) is 24.9 Å². The van der Waals surface area contributed by atoms with Gasteiger partial charge in [0.15, 0.2) is 0 Å². The smallest absolute Gasteiger partial charge is 0.150 e. The van der Waals surface area contributed by atoms with Crippen LogP contribution < -0.4 is 5.73 Å². The van der Waals surface area contributed by atoms with E-state index in [0.717, 1.165) is 19.7 Å². The van der Waals surface area contributed by atoms with E-state index >= 15 is 0 Å². The van der Waals surface area contributed by atoms with Crippen molar-refractivity contribution in [1.29, 1.82) is 0 Å². The summed E-state index contributed by atoms with van der Waals surface area (Å²) in [5.74, 6) is 0.509. The van der Waals surface area contributed by atoms with Crippen molar-refractivity contribution in [2.24, 2.45) is 5.73 Å². The van der Waals surface area contributed by atoms with Gasteiger partial charge < -0.3 is 10.5 Å². The topological polar surface area (TPSA) is 72.6 Å². The fraction of sp³-hybridized carbons (Fsp3) is 1.00. The molecule has 16 heavy (non-hydrogen) atoms. The van der Waals surface area contributed by atoms with Gasteiger partial charge in [-0.25, -0.2) is 8.42 Å². The van der Waals surface area contributed by atoms with Crippen LogP contribution in [0.2, 0.25) is 0 Å². The molecule has 0 amide bonds. The summed E-state index contributed by atoms with van der Waals surface area (Å²) in [6.45, 7) is 5.29. The minimum atomic E-state index is -2.83. The van der Waals surface area contributed by atoms with Crippen molar-refractivity contribution < 1.29 is 13.2 Å². The normalized spacial score (nSPS) is 23.5. The van der Waals surface area contributed by atoms with Crippen molar-refractivity contribution in [2.45, 2.75) is 19.4 Å². The maximum Gasteiger partial charge on any atom is 0.150 e. The van der Waals surface area contributed by atoms with Gasteiger partial charge in [0.1, 0.15) is 9.84 Å². The van der Waals surface area contributed by atoms with Crippen LogP contribution in [-0.4, -0.2) is 63.7 Å². The summed E-state index contributed by atoms with van der Waals surface area (Å²) in [4.78, 5) is 2.23. The Kier molecular flexibility index (Phi) is 5.68. The maximum absolute atomic E-state index is 11.3. The highest BCUT2D eigenvalue weighted by molar-refractivity contribution is 7.91. The minimum Gasteiger partial charge on any atom is -0.378 e. The highest BCUT2D eigenvalue weighted by Gasteiger charge is 2.21. The number of rotatable bonds is 6. The predicted molar refractivity (Wildman–Crippen MR) is 64.2 cm³/mol. The lowest BCUT2D eigenvalue weighted by molar-refractivity contribution is -0.00355. The molecule has 0 radical (unpaired) electrons. The first kappa shape index (κ1) is 13.9. The second-order valence-corrected chi connectivity index (χ2v) is 6.56. The van der Waals surface area contributed by atoms with Gasteiger partial charge in [-0.1, -0.05) is 6.92 Å². The standard InChI is InChI=1S/C10H22N2O3S/c1-2-16(13,14)7-3-4-12-5-6-15-9-10(12)8-11/h10H,2-9,11H2,1H3. The van der Waals surface area contributed by atoms with Gasteiger partial charge in [-0.3, -0.25) is 4.90 Å². The average molecular weight is 250 g/mol. The largest absolute Gasteiger partial charge is 0.378 e. The van der Waals surface area contributed by atoms with Crippen LogP contribution in [0.1, 0.15) is 13.3 Å². The molecule has 0 aromatic carbocycles. The van der Waals surface area contributed by atoms with Crippen LogP contribution in [0.25, 0.3) is 0 Å². The second-order valence-electron chi connectivity index (χ2n) is 4.09. The number of nitrogens with zero attached hydrogens (tertiary/aromatic N) is 1. The molecule has 1 fully saturated rings. The summed E-state index contributed by atoms with van der Waals surface area (Å²) < 4.78 is 28.0. The predicted octanol–water partition coefficient (Wildman–Crippen LogP) is -0.529. The number of hydrogen-bond donors (Lipinski definition) is 1. The third kappa shape index (κ3) is 4.37. The van der Waals surface area contributed by atoms with E-state index in [-0.39, 0.29) is 17.5 Å². The van der Waals surface area contributed by atoms with E-state index in [9.17, 15) is 8.42 Å². The van der Waals surface area contributed by atoms with Crippen molar-refractivity contribution in [3.63, 3.8) is 0 Å².